The Morgan fingerprint density at radius 1 is 1.23 bits per heavy atom. The van der Waals surface area contributed by atoms with Crippen LogP contribution in [0.3, 0.4) is 0 Å². The SMILES string of the molecule is O=C(NCC(c1ccco1)N1CCCC1)c1cc(Cl)c2c(c1)OCCO2. The van der Waals surface area contributed by atoms with E-state index < -0.39 is 0 Å². The third-order valence-corrected chi connectivity index (χ3v) is 5.05. The molecule has 1 N–H and O–H groups in total. The molecule has 26 heavy (non-hydrogen) atoms. The molecular formula is C19H21ClN2O4. The minimum atomic E-state index is -0.195. The predicted molar refractivity (Wildman–Crippen MR) is 97.0 cm³/mol. The number of nitrogens with one attached hydrogen (secondary N) is 1. The molecule has 1 atom stereocenters. The number of rotatable bonds is 5. The molecule has 1 amide bonds. The van der Waals surface area contributed by atoms with Gasteiger partial charge in [-0.3, -0.25) is 9.69 Å². The topological polar surface area (TPSA) is 63.9 Å². The summed E-state index contributed by atoms with van der Waals surface area (Å²) >= 11 is 6.23. The zero-order valence-electron chi connectivity index (χ0n) is 14.4. The summed E-state index contributed by atoms with van der Waals surface area (Å²) < 4.78 is 16.6. The molecule has 1 aromatic heterocycles. The summed E-state index contributed by atoms with van der Waals surface area (Å²) in [5.74, 6) is 1.68. The number of carbonyl (C=O) groups is 1. The lowest BCUT2D eigenvalue weighted by molar-refractivity contribution is 0.0932. The average Bonchev–Trinajstić information content (AvgIpc) is 3.36. The molecule has 0 aliphatic carbocycles. The molecule has 138 valence electrons. The lowest BCUT2D eigenvalue weighted by Gasteiger charge is -2.26. The van der Waals surface area contributed by atoms with Gasteiger partial charge in [0.15, 0.2) is 11.5 Å². The number of hydrogen-bond donors (Lipinski definition) is 1. The van der Waals surface area contributed by atoms with E-state index >= 15 is 0 Å². The number of fused-ring (bicyclic) bond motifs is 1. The maximum atomic E-state index is 12.7. The van der Waals surface area contributed by atoms with Gasteiger partial charge in [-0.05, 0) is 50.2 Å². The molecule has 0 spiro atoms. The fourth-order valence-corrected chi connectivity index (χ4v) is 3.74. The van der Waals surface area contributed by atoms with E-state index in [2.05, 4.69) is 10.2 Å². The molecule has 2 aliphatic rings. The molecule has 3 heterocycles. The Bertz CT molecular complexity index is 772. The Balaban J connectivity index is 1.48. The molecule has 4 rings (SSSR count). The molecule has 7 heteroatoms. The van der Waals surface area contributed by atoms with Gasteiger partial charge in [0.1, 0.15) is 19.0 Å². The van der Waals surface area contributed by atoms with Crippen LogP contribution in [-0.2, 0) is 0 Å². The number of carbonyl (C=O) groups excluding carboxylic acids is 1. The number of halogens is 1. The smallest absolute Gasteiger partial charge is 0.251 e. The van der Waals surface area contributed by atoms with Crippen LogP contribution in [0.5, 0.6) is 11.5 Å². The molecule has 1 aromatic carbocycles. The third kappa shape index (κ3) is 3.52. The van der Waals surface area contributed by atoms with E-state index in [-0.39, 0.29) is 11.9 Å². The Hall–Kier alpha value is -2.18. The molecule has 1 saturated heterocycles. The van der Waals surface area contributed by atoms with E-state index in [1.54, 1.807) is 18.4 Å². The second-order valence-corrected chi connectivity index (χ2v) is 6.87. The minimum Gasteiger partial charge on any atom is -0.486 e. The number of likely N-dealkylation sites (tertiary alicyclic amines) is 1. The predicted octanol–water partition coefficient (Wildman–Crippen LogP) is 3.27. The van der Waals surface area contributed by atoms with Crippen molar-refractivity contribution in [1.82, 2.24) is 10.2 Å². The van der Waals surface area contributed by atoms with Crippen molar-refractivity contribution in [3.8, 4) is 11.5 Å². The van der Waals surface area contributed by atoms with E-state index in [1.807, 2.05) is 12.1 Å². The highest BCUT2D eigenvalue weighted by Crippen LogP contribution is 2.38. The zero-order valence-corrected chi connectivity index (χ0v) is 15.1. The van der Waals surface area contributed by atoms with Crippen LogP contribution in [-0.4, -0.2) is 43.7 Å². The van der Waals surface area contributed by atoms with Crippen molar-refractivity contribution in [2.45, 2.75) is 18.9 Å². The Labute approximate surface area is 157 Å². The van der Waals surface area contributed by atoms with Gasteiger partial charge in [0.05, 0.1) is 17.3 Å². The van der Waals surface area contributed by atoms with E-state index in [0.29, 0.717) is 41.8 Å². The first-order valence-corrected chi connectivity index (χ1v) is 9.25. The Morgan fingerprint density at radius 3 is 2.81 bits per heavy atom. The zero-order chi connectivity index (χ0) is 17.9. The lowest BCUT2D eigenvalue weighted by atomic mass is 10.1. The average molecular weight is 377 g/mol. The van der Waals surface area contributed by atoms with Gasteiger partial charge < -0.3 is 19.2 Å². The lowest BCUT2D eigenvalue weighted by Crippen LogP contribution is -2.36. The fraction of sp³-hybridized carbons (Fsp3) is 0.421. The summed E-state index contributed by atoms with van der Waals surface area (Å²) in [6.07, 6.45) is 4.01. The standard InChI is InChI=1S/C19H21ClN2O4/c20-14-10-13(11-17-18(14)26-9-8-25-17)19(23)21-12-15(16-4-3-7-24-16)22-5-1-2-6-22/h3-4,7,10-11,15H,1-2,5-6,8-9,12H2,(H,21,23). The van der Waals surface area contributed by atoms with Gasteiger partial charge in [0.25, 0.3) is 5.91 Å². The van der Waals surface area contributed by atoms with Crippen LogP contribution in [0.15, 0.2) is 34.9 Å². The molecule has 2 aromatic rings. The second-order valence-electron chi connectivity index (χ2n) is 6.47. The number of hydrogen-bond acceptors (Lipinski definition) is 5. The minimum absolute atomic E-state index is 0.0316. The fourth-order valence-electron chi connectivity index (χ4n) is 3.48. The highest BCUT2D eigenvalue weighted by Gasteiger charge is 2.26. The summed E-state index contributed by atoms with van der Waals surface area (Å²) in [7, 11) is 0. The molecule has 0 bridgehead atoms. The first-order valence-electron chi connectivity index (χ1n) is 8.87. The molecule has 0 radical (unpaired) electrons. The van der Waals surface area contributed by atoms with Gasteiger partial charge in [-0.2, -0.15) is 0 Å². The van der Waals surface area contributed by atoms with Crippen LogP contribution in [0.1, 0.15) is 35.0 Å². The largest absolute Gasteiger partial charge is 0.486 e. The van der Waals surface area contributed by atoms with Crippen molar-refractivity contribution < 1.29 is 18.7 Å². The van der Waals surface area contributed by atoms with Gasteiger partial charge in [-0.25, -0.2) is 0 Å². The molecule has 2 aliphatic heterocycles. The van der Waals surface area contributed by atoms with Crippen molar-refractivity contribution in [3.63, 3.8) is 0 Å². The van der Waals surface area contributed by atoms with Crippen molar-refractivity contribution in [3.05, 3.63) is 46.9 Å². The summed E-state index contributed by atoms with van der Waals surface area (Å²) in [5.41, 5.74) is 0.457. The number of benzene rings is 1. The number of furan rings is 1. The van der Waals surface area contributed by atoms with Crippen molar-refractivity contribution in [2.75, 3.05) is 32.8 Å². The van der Waals surface area contributed by atoms with Gasteiger partial charge in [0, 0.05) is 12.1 Å². The van der Waals surface area contributed by atoms with E-state index in [0.717, 1.165) is 18.8 Å². The van der Waals surface area contributed by atoms with E-state index in [1.165, 1.54) is 12.8 Å². The number of nitrogens with zero attached hydrogens (tertiary/aromatic N) is 1. The van der Waals surface area contributed by atoms with Crippen molar-refractivity contribution >= 4 is 17.5 Å². The number of amides is 1. The highest BCUT2D eigenvalue weighted by molar-refractivity contribution is 6.32. The third-order valence-electron chi connectivity index (χ3n) is 4.77. The molecule has 6 nitrogen and oxygen atoms in total. The molecule has 1 unspecified atom stereocenters. The van der Waals surface area contributed by atoms with Gasteiger partial charge in [-0.1, -0.05) is 11.6 Å². The maximum Gasteiger partial charge on any atom is 0.251 e. The van der Waals surface area contributed by atoms with Crippen LogP contribution < -0.4 is 14.8 Å². The normalized spacial score (nSPS) is 17.9. The maximum absolute atomic E-state index is 12.7. The first kappa shape index (κ1) is 17.2. The van der Waals surface area contributed by atoms with E-state index in [4.69, 9.17) is 25.5 Å². The summed E-state index contributed by atoms with van der Waals surface area (Å²) in [5, 5.41) is 3.39. The van der Waals surface area contributed by atoms with Crippen LogP contribution in [0.25, 0.3) is 0 Å². The second kappa shape index (κ2) is 7.60. The first-order chi connectivity index (χ1) is 12.7. The molecule has 0 saturated carbocycles. The van der Waals surface area contributed by atoms with Crippen LogP contribution >= 0.6 is 11.6 Å². The van der Waals surface area contributed by atoms with Crippen LogP contribution in [0, 0.1) is 0 Å². The van der Waals surface area contributed by atoms with Gasteiger partial charge in [-0.15, -0.1) is 0 Å². The van der Waals surface area contributed by atoms with Gasteiger partial charge >= 0.3 is 0 Å². The van der Waals surface area contributed by atoms with Gasteiger partial charge in [0.2, 0.25) is 0 Å². The van der Waals surface area contributed by atoms with E-state index in [9.17, 15) is 4.79 Å². The molecule has 1 fully saturated rings. The quantitative estimate of drug-likeness (QED) is 0.867. The monoisotopic (exact) mass is 376 g/mol. The Kier molecular flexibility index (Phi) is 5.04. The van der Waals surface area contributed by atoms with Crippen molar-refractivity contribution in [2.24, 2.45) is 0 Å². The summed E-state index contributed by atoms with van der Waals surface area (Å²) in [6, 6.07) is 7.15. The van der Waals surface area contributed by atoms with Crippen molar-refractivity contribution in [1.29, 1.82) is 0 Å². The highest BCUT2D eigenvalue weighted by atomic mass is 35.5. The molecular weight excluding hydrogens is 356 g/mol. The van der Waals surface area contributed by atoms with Crippen LogP contribution in [0.4, 0.5) is 0 Å². The number of ether oxygens (including phenoxy) is 2. The Morgan fingerprint density at radius 2 is 2.04 bits per heavy atom. The van der Waals surface area contributed by atoms with Crippen LogP contribution in [0.2, 0.25) is 5.02 Å². The summed E-state index contributed by atoms with van der Waals surface area (Å²) in [6.45, 7) is 3.40. The summed E-state index contributed by atoms with van der Waals surface area (Å²) in [4.78, 5) is 15.0.